The maximum atomic E-state index is 6.07. The minimum absolute atomic E-state index is 0.0293. The Morgan fingerprint density at radius 1 is 1.25 bits per heavy atom. The fraction of sp³-hybridized carbons (Fsp3) is 0.200. The molecule has 0 aromatic heterocycles. The van der Waals surface area contributed by atoms with Gasteiger partial charge < -0.3 is 4.74 Å². The lowest BCUT2D eigenvalue weighted by molar-refractivity contribution is 0.167. The van der Waals surface area contributed by atoms with Crippen LogP contribution in [0.15, 0.2) is 53.4 Å². The predicted molar refractivity (Wildman–Crippen MR) is 83.1 cm³/mol. The largest absolute Gasteiger partial charge is 0.486 e. The fourth-order valence-electron chi connectivity index (χ4n) is 2.32. The summed E-state index contributed by atoms with van der Waals surface area (Å²) in [6.07, 6.45) is -0.0293. The molecule has 20 heavy (non-hydrogen) atoms. The zero-order valence-corrected chi connectivity index (χ0v) is 12.3. The Bertz CT molecular complexity index is 608. The summed E-state index contributed by atoms with van der Waals surface area (Å²) in [7, 11) is 0. The molecule has 2 aromatic rings. The third-order valence-electron chi connectivity index (χ3n) is 3.29. The van der Waals surface area contributed by atoms with E-state index in [9.17, 15) is 0 Å². The number of rotatable bonds is 3. The SMILES string of the molecule is NNC(c1cccc(Cl)c1)C1CSc2ccccc2O1. The lowest BCUT2D eigenvalue weighted by Gasteiger charge is -2.31. The van der Waals surface area contributed by atoms with Gasteiger partial charge in [-0.25, -0.2) is 5.43 Å². The Morgan fingerprint density at radius 2 is 2.10 bits per heavy atom. The van der Waals surface area contributed by atoms with Crippen molar-refractivity contribution in [2.45, 2.75) is 17.0 Å². The van der Waals surface area contributed by atoms with Crippen LogP contribution in [0.2, 0.25) is 5.02 Å². The number of halogens is 1. The molecule has 1 aliphatic heterocycles. The molecule has 1 heterocycles. The summed E-state index contributed by atoms with van der Waals surface area (Å²) >= 11 is 7.84. The van der Waals surface area contributed by atoms with Gasteiger partial charge in [-0.2, -0.15) is 0 Å². The molecule has 0 radical (unpaired) electrons. The molecule has 0 bridgehead atoms. The molecule has 3 nitrogen and oxygen atoms in total. The highest BCUT2D eigenvalue weighted by atomic mass is 35.5. The number of benzene rings is 2. The second-order valence-electron chi connectivity index (χ2n) is 4.61. The zero-order chi connectivity index (χ0) is 13.9. The van der Waals surface area contributed by atoms with Crippen molar-refractivity contribution in [1.82, 2.24) is 5.43 Å². The summed E-state index contributed by atoms with van der Waals surface area (Å²) in [4.78, 5) is 1.17. The quantitative estimate of drug-likeness (QED) is 0.674. The van der Waals surface area contributed by atoms with Crippen LogP contribution in [-0.4, -0.2) is 11.9 Å². The van der Waals surface area contributed by atoms with Crippen molar-refractivity contribution in [2.75, 3.05) is 5.75 Å². The van der Waals surface area contributed by atoms with Crippen LogP contribution in [0, 0.1) is 0 Å². The van der Waals surface area contributed by atoms with Crippen molar-refractivity contribution < 1.29 is 4.74 Å². The summed E-state index contributed by atoms with van der Waals surface area (Å²) in [6.45, 7) is 0. The molecule has 0 saturated carbocycles. The van der Waals surface area contributed by atoms with E-state index in [0.29, 0.717) is 5.02 Å². The molecule has 0 spiro atoms. The first-order chi connectivity index (χ1) is 9.78. The van der Waals surface area contributed by atoms with Crippen LogP contribution in [0.1, 0.15) is 11.6 Å². The van der Waals surface area contributed by atoms with Crippen molar-refractivity contribution in [3.05, 3.63) is 59.1 Å². The van der Waals surface area contributed by atoms with Gasteiger partial charge in [0.25, 0.3) is 0 Å². The fourth-order valence-corrected chi connectivity index (χ4v) is 3.55. The monoisotopic (exact) mass is 306 g/mol. The number of hydrogen-bond donors (Lipinski definition) is 2. The highest BCUT2D eigenvalue weighted by molar-refractivity contribution is 7.99. The van der Waals surface area contributed by atoms with Gasteiger partial charge in [0.15, 0.2) is 0 Å². The molecule has 5 heteroatoms. The summed E-state index contributed by atoms with van der Waals surface area (Å²) in [5.41, 5.74) is 3.88. The summed E-state index contributed by atoms with van der Waals surface area (Å²) in [5, 5.41) is 0.701. The van der Waals surface area contributed by atoms with Gasteiger partial charge >= 0.3 is 0 Å². The lowest BCUT2D eigenvalue weighted by atomic mass is 10.0. The van der Waals surface area contributed by atoms with Gasteiger partial charge in [0, 0.05) is 15.7 Å². The first-order valence-electron chi connectivity index (χ1n) is 6.38. The number of ether oxygens (including phenoxy) is 1. The van der Waals surface area contributed by atoms with E-state index in [1.807, 2.05) is 42.5 Å². The minimum atomic E-state index is -0.0884. The normalized spacial score (nSPS) is 19.0. The van der Waals surface area contributed by atoms with Crippen LogP contribution in [-0.2, 0) is 0 Å². The van der Waals surface area contributed by atoms with Crippen LogP contribution >= 0.6 is 23.4 Å². The van der Waals surface area contributed by atoms with Crippen LogP contribution in [0.25, 0.3) is 0 Å². The van der Waals surface area contributed by atoms with Crippen LogP contribution < -0.4 is 16.0 Å². The number of thioether (sulfide) groups is 1. The van der Waals surface area contributed by atoms with Gasteiger partial charge in [-0.1, -0.05) is 35.9 Å². The molecule has 2 unspecified atom stereocenters. The number of nitrogens with two attached hydrogens (primary N) is 1. The van der Waals surface area contributed by atoms with Crippen LogP contribution in [0.4, 0.5) is 0 Å². The standard InChI is InChI=1S/C15H15ClN2OS/c16-11-5-3-4-10(8-11)15(18-17)13-9-20-14-7-2-1-6-12(14)19-13/h1-8,13,15,18H,9,17H2. The molecule has 0 amide bonds. The maximum absolute atomic E-state index is 6.07. The average Bonchev–Trinajstić information content (AvgIpc) is 2.48. The van der Waals surface area contributed by atoms with E-state index in [2.05, 4.69) is 11.5 Å². The summed E-state index contributed by atoms with van der Waals surface area (Å²) in [5.74, 6) is 7.48. The van der Waals surface area contributed by atoms with Crippen molar-refractivity contribution >= 4 is 23.4 Å². The Hall–Kier alpha value is -1.20. The van der Waals surface area contributed by atoms with E-state index in [1.54, 1.807) is 11.8 Å². The van der Waals surface area contributed by atoms with Gasteiger partial charge in [-0.05, 0) is 29.8 Å². The molecule has 2 atom stereocenters. The van der Waals surface area contributed by atoms with E-state index in [4.69, 9.17) is 22.2 Å². The first kappa shape index (κ1) is 13.8. The molecule has 0 aliphatic carbocycles. The predicted octanol–water partition coefficient (Wildman–Crippen LogP) is 3.40. The lowest BCUT2D eigenvalue weighted by Crippen LogP contribution is -2.42. The Morgan fingerprint density at radius 3 is 2.90 bits per heavy atom. The number of hydrazine groups is 1. The van der Waals surface area contributed by atoms with Crippen molar-refractivity contribution in [1.29, 1.82) is 0 Å². The van der Waals surface area contributed by atoms with Crippen molar-refractivity contribution in [2.24, 2.45) is 5.84 Å². The highest BCUT2D eigenvalue weighted by Gasteiger charge is 2.28. The van der Waals surface area contributed by atoms with Gasteiger partial charge in [-0.15, -0.1) is 11.8 Å². The first-order valence-corrected chi connectivity index (χ1v) is 7.74. The molecular formula is C15H15ClN2OS. The van der Waals surface area contributed by atoms with Gasteiger partial charge in [0.1, 0.15) is 11.9 Å². The molecule has 104 valence electrons. The number of nitrogens with one attached hydrogen (secondary N) is 1. The van der Waals surface area contributed by atoms with Gasteiger partial charge in [-0.3, -0.25) is 5.84 Å². The van der Waals surface area contributed by atoms with E-state index in [0.717, 1.165) is 17.1 Å². The van der Waals surface area contributed by atoms with E-state index >= 15 is 0 Å². The maximum Gasteiger partial charge on any atom is 0.133 e. The minimum Gasteiger partial charge on any atom is -0.486 e. The van der Waals surface area contributed by atoms with Crippen molar-refractivity contribution in [3.8, 4) is 5.75 Å². The Kier molecular flexibility index (Phi) is 4.17. The average molecular weight is 307 g/mol. The molecule has 2 aromatic carbocycles. The second-order valence-corrected chi connectivity index (χ2v) is 6.11. The Labute approximate surface area is 127 Å². The van der Waals surface area contributed by atoms with E-state index < -0.39 is 0 Å². The smallest absolute Gasteiger partial charge is 0.133 e. The molecule has 0 saturated heterocycles. The summed E-state index contributed by atoms with van der Waals surface area (Å²) in [6, 6.07) is 15.7. The third-order valence-corrected chi connectivity index (χ3v) is 4.67. The van der Waals surface area contributed by atoms with Gasteiger partial charge in [0.2, 0.25) is 0 Å². The topological polar surface area (TPSA) is 47.3 Å². The highest BCUT2D eigenvalue weighted by Crippen LogP contribution is 2.38. The second kappa shape index (κ2) is 6.06. The van der Waals surface area contributed by atoms with Crippen LogP contribution in [0.5, 0.6) is 5.75 Å². The number of fused-ring (bicyclic) bond motifs is 1. The van der Waals surface area contributed by atoms with E-state index in [1.165, 1.54) is 4.90 Å². The number of hydrogen-bond acceptors (Lipinski definition) is 4. The van der Waals surface area contributed by atoms with E-state index in [-0.39, 0.29) is 12.1 Å². The van der Waals surface area contributed by atoms with Crippen molar-refractivity contribution in [3.63, 3.8) is 0 Å². The molecule has 3 N–H and O–H groups in total. The number of para-hydroxylation sites is 1. The van der Waals surface area contributed by atoms with Crippen LogP contribution in [0.3, 0.4) is 0 Å². The Balaban J connectivity index is 1.85. The molecule has 0 fully saturated rings. The zero-order valence-electron chi connectivity index (χ0n) is 10.8. The van der Waals surface area contributed by atoms with Gasteiger partial charge in [0.05, 0.1) is 6.04 Å². The molecule has 1 aliphatic rings. The molecular weight excluding hydrogens is 292 g/mol. The third kappa shape index (κ3) is 2.79. The molecule has 3 rings (SSSR count). The summed E-state index contributed by atoms with van der Waals surface area (Å²) < 4.78 is 6.07.